The lowest BCUT2D eigenvalue weighted by Crippen LogP contribution is -2.42. The minimum atomic E-state index is -3.87. The molecular formula is C20H17F2N3O4S2. The largest absolute Gasteiger partial charge is 0.278 e. The van der Waals surface area contributed by atoms with Gasteiger partial charge in [-0.3, -0.25) is 25.2 Å². The molecule has 11 heteroatoms. The van der Waals surface area contributed by atoms with Crippen LogP contribution in [0.1, 0.15) is 22.3 Å². The van der Waals surface area contributed by atoms with Crippen molar-refractivity contribution in [2.45, 2.75) is 17.1 Å². The van der Waals surface area contributed by atoms with Crippen LogP contribution < -0.4 is 15.6 Å². The summed E-state index contributed by atoms with van der Waals surface area (Å²) in [6.07, 6.45) is -0.268. The maximum Gasteiger partial charge on any atom is 0.271 e. The average molecular weight is 466 g/mol. The number of hydrogen-bond acceptors (Lipinski definition) is 5. The van der Waals surface area contributed by atoms with Crippen LogP contribution >= 0.6 is 11.3 Å². The van der Waals surface area contributed by atoms with Crippen LogP contribution in [0.15, 0.2) is 64.2 Å². The summed E-state index contributed by atoms with van der Waals surface area (Å²) in [5.41, 5.74) is 4.41. The summed E-state index contributed by atoms with van der Waals surface area (Å²) in [6.45, 7) is 0. The number of carbonyl (C=O) groups is 2. The van der Waals surface area contributed by atoms with Crippen molar-refractivity contribution in [2.24, 2.45) is 0 Å². The highest BCUT2D eigenvalue weighted by molar-refractivity contribution is 7.94. The number of hydrazine groups is 1. The Kier molecular flexibility index (Phi) is 6.98. The van der Waals surface area contributed by atoms with E-state index >= 15 is 0 Å². The fourth-order valence-electron chi connectivity index (χ4n) is 2.62. The Morgan fingerprint density at radius 3 is 2.48 bits per heavy atom. The van der Waals surface area contributed by atoms with Crippen molar-refractivity contribution in [1.82, 2.24) is 10.9 Å². The topological polar surface area (TPSA) is 104 Å². The van der Waals surface area contributed by atoms with Crippen molar-refractivity contribution in [3.8, 4) is 0 Å². The zero-order valence-corrected chi connectivity index (χ0v) is 17.5. The third-order valence-corrected chi connectivity index (χ3v) is 6.88. The lowest BCUT2D eigenvalue weighted by Gasteiger charge is -2.12. The molecule has 0 atom stereocenters. The quantitative estimate of drug-likeness (QED) is 0.466. The molecule has 162 valence electrons. The zero-order chi connectivity index (χ0) is 22.4. The van der Waals surface area contributed by atoms with Crippen molar-refractivity contribution in [3.05, 3.63) is 82.7 Å². The molecule has 1 heterocycles. The third kappa shape index (κ3) is 5.86. The van der Waals surface area contributed by atoms with Crippen LogP contribution in [0.3, 0.4) is 0 Å². The first kappa shape index (κ1) is 22.4. The van der Waals surface area contributed by atoms with Crippen molar-refractivity contribution < 1.29 is 26.8 Å². The van der Waals surface area contributed by atoms with E-state index in [1.165, 1.54) is 24.3 Å². The first-order chi connectivity index (χ1) is 14.8. The smallest absolute Gasteiger partial charge is 0.271 e. The van der Waals surface area contributed by atoms with Gasteiger partial charge >= 0.3 is 0 Å². The first-order valence-electron chi connectivity index (χ1n) is 8.95. The number of aryl methyl sites for hydroxylation is 1. The fourth-order valence-corrected chi connectivity index (χ4v) is 4.69. The molecule has 3 N–H and O–H groups in total. The monoisotopic (exact) mass is 465 g/mol. The molecule has 0 aliphatic heterocycles. The average Bonchev–Trinajstić information content (AvgIpc) is 3.29. The van der Waals surface area contributed by atoms with E-state index in [0.29, 0.717) is 0 Å². The Hall–Kier alpha value is -3.31. The molecule has 0 spiro atoms. The van der Waals surface area contributed by atoms with Gasteiger partial charge < -0.3 is 0 Å². The molecule has 0 radical (unpaired) electrons. The number of rotatable bonds is 7. The van der Waals surface area contributed by atoms with E-state index in [-0.39, 0.29) is 33.9 Å². The van der Waals surface area contributed by atoms with E-state index in [0.717, 1.165) is 29.5 Å². The number of para-hydroxylation sites is 1. The predicted octanol–water partition coefficient (Wildman–Crippen LogP) is 3.22. The van der Waals surface area contributed by atoms with Crippen molar-refractivity contribution >= 4 is 38.9 Å². The number of anilines is 1. The molecule has 0 fully saturated rings. The summed E-state index contributed by atoms with van der Waals surface area (Å²) >= 11 is 1.02. The molecule has 31 heavy (non-hydrogen) atoms. The molecule has 0 saturated carbocycles. The SMILES string of the molecule is O=C(CCc1cc(F)ccc1F)NNC(=O)c1ccccc1NS(=O)(=O)c1cccs1. The van der Waals surface area contributed by atoms with Gasteiger partial charge in [0.2, 0.25) is 5.91 Å². The van der Waals surface area contributed by atoms with Gasteiger partial charge in [0, 0.05) is 6.42 Å². The van der Waals surface area contributed by atoms with Gasteiger partial charge in [-0.25, -0.2) is 17.2 Å². The second kappa shape index (κ2) is 9.67. The lowest BCUT2D eigenvalue weighted by molar-refractivity contribution is -0.121. The second-order valence-electron chi connectivity index (χ2n) is 6.32. The molecule has 0 bridgehead atoms. The number of nitrogens with one attached hydrogen (secondary N) is 3. The molecule has 3 rings (SSSR count). The summed E-state index contributed by atoms with van der Waals surface area (Å²) in [5.74, 6) is -2.64. The van der Waals surface area contributed by atoms with Crippen LogP contribution in [0.2, 0.25) is 0 Å². The first-order valence-corrected chi connectivity index (χ1v) is 11.3. The van der Waals surface area contributed by atoms with Gasteiger partial charge in [0.25, 0.3) is 15.9 Å². The van der Waals surface area contributed by atoms with Gasteiger partial charge in [0.05, 0.1) is 11.3 Å². The molecular weight excluding hydrogens is 448 g/mol. The highest BCUT2D eigenvalue weighted by atomic mass is 32.2. The van der Waals surface area contributed by atoms with E-state index < -0.39 is 33.5 Å². The summed E-state index contributed by atoms with van der Waals surface area (Å²) in [5, 5.41) is 1.61. The van der Waals surface area contributed by atoms with Crippen LogP contribution in [-0.2, 0) is 21.2 Å². The predicted molar refractivity (Wildman–Crippen MR) is 112 cm³/mol. The molecule has 0 saturated heterocycles. The highest BCUT2D eigenvalue weighted by Crippen LogP contribution is 2.22. The van der Waals surface area contributed by atoms with E-state index in [2.05, 4.69) is 15.6 Å². The van der Waals surface area contributed by atoms with Gasteiger partial charge in [-0.05, 0) is 53.8 Å². The molecule has 7 nitrogen and oxygen atoms in total. The van der Waals surface area contributed by atoms with Gasteiger partial charge in [-0.1, -0.05) is 18.2 Å². The van der Waals surface area contributed by atoms with Gasteiger partial charge in [-0.2, -0.15) is 0 Å². The summed E-state index contributed by atoms with van der Waals surface area (Å²) in [7, 11) is -3.87. The highest BCUT2D eigenvalue weighted by Gasteiger charge is 2.19. The van der Waals surface area contributed by atoms with E-state index in [1.54, 1.807) is 17.5 Å². The molecule has 2 amide bonds. The lowest BCUT2D eigenvalue weighted by atomic mass is 10.1. The minimum absolute atomic E-state index is 0.0147. The second-order valence-corrected chi connectivity index (χ2v) is 9.18. The van der Waals surface area contributed by atoms with Crippen LogP contribution in [0.4, 0.5) is 14.5 Å². The zero-order valence-electron chi connectivity index (χ0n) is 15.9. The van der Waals surface area contributed by atoms with Crippen LogP contribution in [0, 0.1) is 11.6 Å². The van der Waals surface area contributed by atoms with Crippen LogP contribution in [0.5, 0.6) is 0 Å². The summed E-state index contributed by atoms with van der Waals surface area (Å²) < 4.78 is 54.1. The van der Waals surface area contributed by atoms with E-state index in [1.807, 2.05) is 0 Å². The van der Waals surface area contributed by atoms with Gasteiger partial charge in [-0.15, -0.1) is 11.3 Å². The molecule has 3 aromatic rings. The molecule has 2 aromatic carbocycles. The summed E-state index contributed by atoms with van der Waals surface area (Å²) in [4.78, 5) is 24.4. The maximum absolute atomic E-state index is 13.6. The van der Waals surface area contributed by atoms with Crippen molar-refractivity contribution in [3.63, 3.8) is 0 Å². The molecule has 0 aliphatic carbocycles. The van der Waals surface area contributed by atoms with E-state index in [9.17, 15) is 26.8 Å². The molecule has 0 unspecified atom stereocenters. The maximum atomic E-state index is 13.6. The number of hydrogen-bond donors (Lipinski definition) is 3. The summed E-state index contributed by atoms with van der Waals surface area (Å²) in [6, 6.07) is 11.8. The number of thiophene rings is 1. The Morgan fingerprint density at radius 2 is 1.74 bits per heavy atom. The van der Waals surface area contributed by atoms with Gasteiger partial charge in [0.15, 0.2) is 0 Å². The van der Waals surface area contributed by atoms with Crippen molar-refractivity contribution in [1.29, 1.82) is 0 Å². The number of halogens is 2. The number of carbonyl (C=O) groups excluding carboxylic acids is 2. The molecule has 0 aliphatic rings. The van der Waals surface area contributed by atoms with Crippen LogP contribution in [0.25, 0.3) is 0 Å². The third-order valence-electron chi connectivity index (χ3n) is 4.12. The van der Waals surface area contributed by atoms with Crippen molar-refractivity contribution in [2.75, 3.05) is 4.72 Å². The molecule has 1 aromatic heterocycles. The van der Waals surface area contributed by atoms with E-state index in [4.69, 9.17) is 0 Å². The fraction of sp³-hybridized carbons (Fsp3) is 0.100. The Labute approximate surface area is 181 Å². The standard InChI is InChI=1S/C20H17F2N3O4S2/c21-14-8-9-16(22)13(12-14)7-10-18(26)23-24-20(27)15-4-1-2-5-17(15)25-31(28,29)19-6-3-11-30-19/h1-6,8-9,11-12,25H,7,10H2,(H,23,26)(H,24,27). The van der Waals surface area contributed by atoms with Gasteiger partial charge in [0.1, 0.15) is 15.8 Å². The Bertz CT molecular complexity index is 1200. The minimum Gasteiger partial charge on any atom is -0.278 e. The number of sulfonamides is 1. The Balaban J connectivity index is 1.61. The number of benzene rings is 2. The normalized spacial score (nSPS) is 11.0. The Morgan fingerprint density at radius 1 is 0.968 bits per heavy atom. The number of amides is 2. The van der Waals surface area contributed by atoms with Crippen LogP contribution in [-0.4, -0.2) is 20.2 Å².